The molecule has 6 heteroatoms. The van der Waals surface area contributed by atoms with Crippen molar-refractivity contribution in [3.8, 4) is 0 Å². The Morgan fingerprint density at radius 2 is 1.73 bits per heavy atom. The van der Waals surface area contributed by atoms with Gasteiger partial charge in [0.05, 0.1) is 16.0 Å². The third-order valence-corrected chi connectivity index (χ3v) is 5.38. The van der Waals surface area contributed by atoms with Gasteiger partial charge in [-0.3, -0.25) is 4.99 Å². The van der Waals surface area contributed by atoms with Crippen molar-refractivity contribution in [3.63, 3.8) is 0 Å². The molecule has 0 radical (unpaired) electrons. The van der Waals surface area contributed by atoms with Gasteiger partial charge in [0.25, 0.3) is 0 Å². The Bertz CT molecular complexity index is 908. The van der Waals surface area contributed by atoms with Gasteiger partial charge in [-0.2, -0.15) is 0 Å². The minimum Gasteiger partial charge on any atom is -0.757 e. The fourth-order valence-electron chi connectivity index (χ4n) is 2.47. The Morgan fingerprint density at radius 1 is 1.09 bits per heavy atom. The molecule has 22 heavy (non-hydrogen) atoms. The normalized spacial score (nSPS) is 17.8. The molecule has 1 atom stereocenters. The summed E-state index contributed by atoms with van der Waals surface area (Å²) < 4.78 is 24.9. The predicted octanol–water partition coefficient (Wildman–Crippen LogP) is 1.05. The smallest absolute Gasteiger partial charge is 0.182 e. The van der Waals surface area contributed by atoms with Crippen LogP contribution in [0.15, 0.2) is 64.5 Å². The molecule has 0 aromatic heterocycles. The van der Waals surface area contributed by atoms with E-state index in [2.05, 4.69) is 4.99 Å². The predicted molar refractivity (Wildman–Crippen MR) is 83.8 cm³/mol. The van der Waals surface area contributed by atoms with Crippen molar-refractivity contribution in [1.82, 2.24) is 5.06 Å². The molecule has 0 spiro atoms. The Kier molecular flexibility index (Phi) is 3.72. The zero-order valence-electron chi connectivity index (χ0n) is 12.0. The molecule has 5 nitrogen and oxygen atoms in total. The van der Waals surface area contributed by atoms with Crippen LogP contribution in [-0.4, -0.2) is 25.4 Å². The maximum absolute atomic E-state index is 12.4. The number of nitrogens with zero attached hydrogens (tertiary/aromatic N) is 2. The van der Waals surface area contributed by atoms with Gasteiger partial charge >= 0.3 is 0 Å². The fraction of sp³-hybridized carbons (Fsp3) is 0.188. The van der Waals surface area contributed by atoms with Crippen LogP contribution in [0.2, 0.25) is 0 Å². The highest BCUT2D eigenvalue weighted by molar-refractivity contribution is 7.91. The van der Waals surface area contributed by atoms with Crippen LogP contribution in [-0.2, 0) is 9.84 Å². The van der Waals surface area contributed by atoms with Gasteiger partial charge in [-0.15, -0.1) is 0 Å². The van der Waals surface area contributed by atoms with Crippen LogP contribution in [0, 0.1) is 5.21 Å². The summed E-state index contributed by atoms with van der Waals surface area (Å²) in [5, 5.41) is 14.4. The lowest BCUT2D eigenvalue weighted by atomic mass is 10.2. The van der Waals surface area contributed by atoms with E-state index in [4.69, 9.17) is 0 Å². The Hall–Kier alpha value is -2.18. The first-order valence-corrected chi connectivity index (χ1v) is 8.52. The first-order chi connectivity index (χ1) is 10.5. The Labute approximate surface area is 128 Å². The second-order valence-electron chi connectivity index (χ2n) is 5.13. The highest BCUT2D eigenvalue weighted by Crippen LogP contribution is 2.17. The molecule has 0 amide bonds. The lowest BCUT2D eigenvalue weighted by molar-refractivity contribution is 0.401. The molecule has 1 unspecified atom stereocenters. The topological polar surface area (TPSA) is 72.8 Å². The number of hydroxylamine groups is 2. The summed E-state index contributed by atoms with van der Waals surface area (Å²) in [4.78, 5) is 4.50. The Balaban J connectivity index is 2.00. The van der Waals surface area contributed by atoms with E-state index in [1.165, 1.54) is 12.1 Å². The van der Waals surface area contributed by atoms with E-state index in [0.29, 0.717) is 16.1 Å². The summed E-state index contributed by atoms with van der Waals surface area (Å²) in [7, 11) is -3.57. The maximum Gasteiger partial charge on any atom is 0.182 e. The van der Waals surface area contributed by atoms with Crippen LogP contribution in [0.25, 0.3) is 5.70 Å². The van der Waals surface area contributed by atoms with E-state index in [0.717, 1.165) is 5.22 Å². The van der Waals surface area contributed by atoms with Crippen LogP contribution in [0.1, 0.15) is 6.92 Å². The van der Waals surface area contributed by atoms with Crippen LogP contribution in [0.4, 0.5) is 0 Å². The lowest BCUT2D eigenvalue weighted by Crippen LogP contribution is -2.45. The highest BCUT2D eigenvalue weighted by atomic mass is 32.2. The average Bonchev–Trinajstić information content (AvgIpc) is 2.53. The maximum atomic E-state index is 12.4. The van der Waals surface area contributed by atoms with Crippen molar-refractivity contribution >= 4 is 15.5 Å². The lowest BCUT2D eigenvalue weighted by Gasteiger charge is -2.39. The van der Waals surface area contributed by atoms with Crippen LogP contribution in [0.5, 0.6) is 0 Å². The number of para-hydroxylation sites is 1. The van der Waals surface area contributed by atoms with Crippen molar-refractivity contribution < 1.29 is 8.42 Å². The second-order valence-corrected chi connectivity index (χ2v) is 7.17. The summed E-state index contributed by atoms with van der Waals surface area (Å²) in [6.45, 7) is 1.68. The standard InChI is InChI=1S/C16H15N2O3S/c1-12-14-9-5-6-10-15(14)17-16(18(12)19)11-22(20,21)13-7-3-2-4-8-13/h2-10,16H,11H2,1H3/q-1. The van der Waals surface area contributed by atoms with Crippen molar-refractivity contribution in [3.05, 3.63) is 70.4 Å². The van der Waals surface area contributed by atoms with E-state index in [-0.39, 0.29) is 10.6 Å². The minimum atomic E-state index is -3.57. The second kappa shape index (κ2) is 5.55. The summed E-state index contributed by atoms with van der Waals surface area (Å²) in [6.07, 6.45) is -0.958. The molecule has 0 saturated heterocycles. The molecule has 2 aromatic rings. The van der Waals surface area contributed by atoms with Gasteiger partial charge in [0.1, 0.15) is 6.17 Å². The summed E-state index contributed by atoms with van der Waals surface area (Å²) >= 11 is 0. The molecule has 1 heterocycles. The van der Waals surface area contributed by atoms with Crippen LogP contribution < -0.4 is 10.6 Å². The summed E-state index contributed by atoms with van der Waals surface area (Å²) in [5.74, 6) is -0.341. The van der Waals surface area contributed by atoms with Crippen molar-refractivity contribution in [2.45, 2.75) is 18.0 Å². The molecule has 114 valence electrons. The molecule has 0 aliphatic carbocycles. The quantitative estimate of drug-likeness (QED) is 0.848. The molecular formula is C16H15N2O3S-. The molecule has 0 fully saturated rings. The SMILES string of the molecule is CC1=c2ccccc2=NC(CS(=O)(=O)c2ccccc2)N1[O-]. The van der Waals surface area contributed by atoms with Gasteiger partial charge in [-0.1, -0.05) is 36.4 Å². The van der Waals surface area contributed by atoms with E-state index in [9.17, 15) is 13.6 Å². The number of rotatable bonds is 3. The van der Waals surface area contributed by atoms with Gasteiger partial charge in [-0.05, 0) is 25.1 Å². The molecule has 0 N–H and O–H groups in total. The number of sulfone groups is 1. The first kappa shape index (κ1) is 14.7. The van der Waals surface area contributed by atoms with E-state index in [1.54, 1.807) is 37.3 Å². The van der Waals surface area contributed by atoms with E-state index in [1.807, 2.05) is 12.1 Å². The van der Waals surface area contributed by atoms with Gasteiger partial charge in [0.15, 0.2) is 9.84 Å². The molecule has 3 rings (SSSR count). The number of fused-ring (bicyclic) bond motifs is 1. The van der Waals surface area contributed by atoms with Crippen molar-refractivity contribution in [2.24, 2.45) is 4.99 Å². The fourth-order valence-corrected chi connectivity index (χ4v) is 3.84. The molecule has 1 aliphatic rings. The minimum absolute atomic E-state index is 0.204. The van der Waals surface area contributed by atoms with E-state index >= 15 is 0 Å². The largest absolute Gasteiger partial charge is 0.757 e. The van der Waals surface area contributed by atoms with Gasteiger partial charge in [0.2, 0.25) is 0 Å². The number of hydrogen-bond donors (Lipinski definition) is 0. The van der Waals surface area contributed by atoms with Gasteiger partial charge < -0.3 is 10.3 Å². The first-order valence-electron chi connectivity index (χ1n) is 6.87. The molecule has 2 aromatic carbocycles. The van der Waals surface area contributed by atoms with Crippen molar-refractivity contribution in [1.29, 1.82) is 0 Å². The number of hydrogen-bond acceptors (Lipinski definition) is 5. The average molecular weight is 315 g/mol. The van der Waals surface area contributed by atoms with Crippen LogP contribution in [0.3, 0.4) is 0 Å². The zero-order chi connectivity index (χ0) is 15.7. The number of benzene rings is 2. The molecule has 1 aliphatic heterocycles. The Morgan fingerprint density at radius 3 is 2.45 bits per heavy atom. The van der Waals surface area contributed by atoms with Crippen molar-refractivity contribution in [2.75, 3.05) is 5.75 Å². The van der Waals surface area contributed by atoms with Gasteiger partial charge in [-0.25, -0.2) is 8.42 Å². The monoisotopic (exact) mass is 315 g/mol. The highest BCUT2D eigenvalue weighted by Gasteiger charge is 2.23. The third-order valence-electron chi connectivity index (χ3n) is 3.65. The van der Waals surface area contributed by atoms with Gasteiger partial charge in [0, 0.05) is 10.9 Å². The third kappa shape index (κ3) is 2.63. The van der Waals surface area contributed by atoms with E-state index < -0.39 is 16.0 Å². The molecule has 0 bridgehead atoms. The molecular weight excluding hydrogens is 300 g/mol. The molecule has 0 saturated carbocycles. The summed E-state index contributed by atoms with van der Waals surface area (Å²) in [6, 6.07) is 15.4. The summed E-state index contributed by atoms with van der Waals surface area (Å²) in [5.41, 5.74) is 0.485. The zero-order valence-corrected chi connectivity index (χ0v) is 12.8. The van der Waals surface area contributed by atoms with Crippen LogP contribution >= 0.6 is 0 Å².